The number of pyridine rings is 1. The molecule has 1 atom stereocenters. The number of carboxylic acid groups (broad SMARTS) is 1. The number of anilines is 2. The first-order chi connectivity index (χ1) is 8.61. The normalized spacial score (nSPS) is 19.2. The molecule has 6 heteroatoms. The standard InChI is InChI=1S/C12H17N3O3/c1-18-7-8-2-3-15(6-8)11-4-9(12(16)17)10(13)5-14-11/h4-5,8H,2-3,6-7,13H2,1H3,(H,16,17). The van der Waals surface area contributed by atoms with Gasteiger partial charge in [0, 0.05) is 26.1 Å². The molecule has 18 heavy (non-hydrogen) atoms. The van der Waals surface area contributed by atoms with E-state index in [9.17, 15) is 4.79 Å². The van der Waals surface area contributed by atoms with Gasteiger partial charge in [-0.15, -0.1) is 0 Å². The average molecular weight is 251 g/mol. The average Bonchev–Trinajstić information content (AvgIpc) is 2.78. The summed E-state index contributed by atoms with van der Waals surface area (Å²) in [5.41, 5.74) is 5.88. The first kappa shape index (κ1) is 12.6. The number of nitrogen functional groups attached to an aromatic ring is 1. The van der Waals surface area contributed by atoms with Gasteiger partial charge in [-0.2, -0.15) is 0 Å². The van der Waals surface area contributed by atoms with Crippen LogP contribution in [0.4, 0.5) is 11.5 Å². The first-order valence-corrected chi connectivity index (χ1v) is 5.84. The molecule has 0 bridgehead atoms. The van der Waals surface area contributed by atoms with Crippen LogP contribution in [-0.2, 0) is 4.74 Å². The third kappa shape index (κ3) is 2.53. The Hall–Kier alpha value is -1.82. The number of rotatable bonds is 4. The second-order valence-corrected chi connectivity index (χ2v) is 4.49. The molecule has 1 aromatic heterocycles. The van der Waals surface area contributed by atoms with Crippen molar-refractivity contribution in [3.8, 4) is 0 Å². The number of hydrogen-bond acceptors (Lipinski definition) is 5. The van der Waals surface area contributed by atoms with Crippen LogP contribution in [-0.4, -0.2) is 42.9 Å². The topological polar surface area (TPSA) is 88.7 Å². The van der Waals surface area contributed by atoms with Crippen LogP contribution in [0.5, 0.6) is 0 Å². The Morgan fingerprint density at radius 2 is 2.50 bits per heavy atom. The molecular formula is C12H17N3O3. The third-order valence-corrected chi connectivity index (χ3v) is 3.16. The van der Waals surface area contributed by atoms with Crippen LogP contribution in [0, 0.1) is 5.92 Å². The van der Waals surface area contributed by atoms with E-state index in [-0.39, 0.29) is 11.3 Å². The number of ether oxygens (including phenoxy) is 1. The molecule has 0 amide bonds. The van der Waals surface area contributed by atoms with Crippen molar-refractivity contribution in [3.05, 3.63) is 17.8 Å². The van der Waals surface area contributed by atoms with Crippen LogP contribution < -0.4 is 10.6 Å². The molecule has 0 radical (unpaired) electrons. The number of aromatic carboxylic acids is 1. The van der Waals surface area contributed by atoms with Crippen LogP contribution in [0.1, 0.15) is 16.8 Å². The molecule has 0 aromatic carbocycles. The van der Waals surface area contributed by atoms with Crippen molar-refractivity contribution in [2.75, 3.05) is 37.4 Å². The monoisotopic (exact) mass is 251 g/mol. The van der Waals surface area contributed by atoms with Crippen LogP contribution in [0.15, 0.2) is 12.3 Å². The summed E-state index contributed by atoms with van der Waals surface area (Å²) in [5, 5.41) is 9.02. The van der Waals surface area contributed by atoms with Gasteiger partial charge in [0.05, 0.1) is 24.1 Å². The highest BCUT2D eigenvalue weighted by molar-refractivity contribution is 5.94. The summed E-state index contributed by atoms with van der Waals surface area (Å²) in [5.74, 6) is 0.117. The number of methoxy groups -OCH3 is 1. The summed E-state index contributed by atoms with van der Waals surface area (Å²) in [4.78, 5) is 17.3. The molecule has 1 aliphatic heterocycles. The van der Waals surface area contributed by atoms with Crippen molar-refractivity contribution < 1.29 is 14.6 Å². The maximum atomic E-state index is 11.0. The number of hydrogen-bond donors (Lipinski definition) is 2. The number of carbonyl (C=O) groups is 1. The zero-order valence-corrected chi connectivity index (χ0v) is 10.3. The number of carboxylic acids is 1. The molecule has 1 saturated heterocycles. The Balaban J connectivity index is 2.15. The van der Waals surface area contributed by atoms with Gasteiger partial charge in [-0.25, -0.2) is 9.78 Å². The predicted octanol–water partition coefficient (Wildman–Crippen LogP) is 0.835. The van der Waals surface area contributed by atoms with Crippen LogP contribution in [0.25, 0.3) is 0 Å². The van der Waals surface area contributed by atoms with Gasteiger partial charge in [-0.05, 0) is 12.5 Å². The van der Waals surface area contributed by atoms with E-state index in [1.807, 2.05) is 0 Å². The van der Waals surface area contributed by atoms with Gasteiger partial charge >= 0.3 is 5.97 Å². The fraction of sp³-hybridized carbons (Fsp3) is 0.500. The molecule has 98 valence electrons. The Labute approximate surface area is 105 Å². The van der Waals surface area contributed by atoms with E-state index < -0.39 is 5.97 Å². The second-order valence-electron chi connectivity index (χ2n) is 4.49. The zero-order valence-electron chi connectivity index (χ0n) is 10.3. The number of nitrogens with zero attached hydrogens (tertiary/aromatic N) is 2. The molecule has 0 saturated carbocycles. The number of aromatic nitrogens is 1. The lowest BCUT2D eigenvalue weighted by Gasteiger charge is -2.18. The van der Waals surface area contributed by atoms with Gasteiger partial charge in [-0.1, -0.05) is 0 Å². The molecule has 0 aliphatic carbocycles. The summed E-state index contributed by atoms with van der Waals surface area (Å²) in [6.07, 6.45) is 2.44. The van der Waals surface area contributed by atoms with E-state index in [0.717, 1.165) is 26.1 Å². The van der Waals surface area contributed by atoms with E-state index in [1.54, 1.807) is 7.11 Å². The SMILES string of the molecule is COCC1CCN(c2cc(C(=O)O)c(N)cn2)C1. The van der Waals surface area contributed by atoms with E-state index in [0.29, 0.717) is 11.7 Å². The van der Waals surface area contributed by atoms with Gasteiger partial charge in [0.1, 0.15) is 5.82 Å². The molecule has 1 aliphatic rings. The first-order valence-electron chi connectivity index (χ1n) is 5.84. The zero-order chi connectivity index (χ0) is 13.1. The van der Waals surface area contributed by atoms with Gasteiger partial charge < -0.3 is 20.5 Å². The minimum atomic E-state index is -1.02. The van der Waals surface area contributed by atoms with Crippen LogP contribution in [0.3, 0.4) is 0 Å². The molecule has 2 rings (SSSR count). The lowest BCUT2D eigenvalue weighted by Crippen LogP contribution is -2.22. The lowest BCUT2D eigenvalue weighted by molar-refractivity contribution is 0.0698. The van der Waals surface area contributed by atoms with Crippen molar-refractivity contribution in [1.29, 1.82) is 0 Å². The van der Waals surface area contributed by atoms with E-state index in [4.69, 9.17) is 15.6 Å². The Bertz CT molecular complexity index is 450. The van der Waals surface area contributed by atoms with E-state index in [1.165, 1.54) is 12.3 Å². The summed E-state index contributed by atoms with van der Waals surface area (Å²) < 4.78 is 5.13. The summed E-state index contributed by atoms with van der Waals surface area (Å²) >= 11 is 0. The molecular weight excluding hydrogens is 234 g/mol. The molecule has 2 heterocycles. The highest BCUT2D eigenvalue weighted by atomic mass is 16.5. The molecule has 1 unspecified atom stereocenters. The Kier molecular flexibility index (Phi) is 3.66. The fourth-order valence-corrected chi connectivity index (χ4v) is 2.23. The van der Waals surface area contributed by atoms with Crippen molar-refractivity contribution in [2.24, 2.45) is 5.92 Å². The Morgan fingerprint density at radius 1 is 1.72 bits per heavy atom. The predicted molar refractivity (Wildman–Crippen MR) is 67.8 cm³/mol. The maximum Gasteiger partial charge on any atom is 0.337 e. The van der Waals surface area contributed by atoms with Gasteiger partial charge in [0.15, 0.2) is 0 Å². The van der Waals surface area contributed by atoms with Gasteiger partial charge in [-0.3, -0.25) is 0 Å². The summed E-state index contributed by atoms with van der Waals surface area (Å²) in [6.45, 7) is 2.42. The molecule has 6 nitrogen and oxygen atoms in total. The van der Waals surface area contributed by atoms with Crippen molar-refractivity contribution in [3.63, 3.8) is 0 Å². The van der Waals surface area contributed by atoms with Crippen molar-refractivity contribution in [2.45, 2.75) is 6.42 Å². The van der Waals surface area contributed by atoms with Crippen LogP contribution in [0.2, 0.25) is 0 Å². The van der Waals surface area contributed by atoms with Crippen LogP contribution >= 0.6 is 0 Å². The minimum absolute atomic E-state index is 0.107. The molecule has 3 N–H and O–H groups in total. The van der Waals surface area contributed by atoms with Gasteiger partial charge in [0.25, 0.3) is 0 Å². The highest BCUT2D eigenvalue weighted by Gasteiger charge is 2.24. The number of nitrogens with two attached hydrogens (primary N) is 1. The van der Waals surface area contributed by atoms with Crippen molar-refractivity contribution in [1.82, 2.24) is 4.98 Å². The van der Waals surface area contributed by atoms with E-state index in [2.05, 4.69) is 9.88 Å². The lowest BCUT2D eigenvalue weighted by atomic mass is 10.1. The molecule has 0 spiro atoms. The van der Waals surface area contributed by atoms with Gasteiger partial charge in [0.2, 0.25) is 0 Å². The van der Waals surface area contributed by atoms with Crippen molar-refractivity contribution >= 4 is 17.5 Å². The minimum Gasteiger partial charge on any atom is -0.478 e. The maximum absolute atomic E-state index is 11.0. The second kappa shape index (κ2) is 5.22. The fourth-order valence-electron chi connectivity index (χ4n) is 2.23. The van der Waals surface area contributed by atoms with E-state index >= 15 is 0 Å². The molecule has 1 fully saturated rings. The Morgan fingerprint density at radius 3 is 3.17 bits per heavy atom. The molecule has 1 aromatic rings. The largest absolute Gasteiger partial charge is 0.478 e. The highest BCUT2D eigenvalue weighted by Crippen LogP contribution is 2.24. The quantitative estimate of drug-likeness (QED) is 0.824. The third-order valence-electron chi connectivity index (χ3n) is 3.16. The summed E-state index contributed by atoms with van der Waals surface area (Å²) in [6, 6.07) is 1.53. The smallest absolute Gasteiger partial charge is 0.337 e. The summed E-state index contributed by atoms with van der Waals surface area (Å²) in [7, 11) is 1.69.